The number of carbonyl (C=O) groups is 1. The van der Waals surface area contributed by atoms with E-state index in [4.69, 9.17) is 0 Å². The van der Waals surface area contributed by atoms with Crippen LogP contribution >= 0.6 is 11.3 Å². The van der Waals surface area contributed by atoms with Gasteiger partial charge in [-0.2, -0.15) is 5.10 Å². The zero-order valence-corrected chi connectivity index (χ0v) is 14.1. The molecule has 2 aromatic heterocycles. The Labute approximate surface area is 139 Å². The van der Waals surface area contributed by atoms with Gasteiger partial charge in [-0.1, -0.05) is 0 Å². The first-order valence-electron chi connectivity index (χ1n) is 8.10. The first-order chi connectivity index (χ1) is 11.2. The van der Waals surface area contributed by atoms with Gasteiger partial charge < -0.3 is 10.2 Å². The van der Waals surface area contributed by atoms with Gasteiger partial charge in [0.15, 0.2) is 0 Å². The minimum absolute atomic E-state index is 0.124. The molecule has 2 fully saturated rings. The lowest BCUT2D eigenvalue weighted by atomic mass is 9.78. The fourth-order valence-corrected chi connectivity index (χ4v) is 4.46. The molecule has 2 aliphatic rings. The van der Waals surface area contributed by atoms with Gasteiger partial charge in [0.1, 0.15) is 9.88 Å². The molecule has 1 amide bonds. The fraction of sp³-hybridized carbons (Fsp3) is 0.562. The van der Waals surface area contributed by atoms with Gasteiger partial charge in [-0.05, 0) is 31.2 Å². The molecule has 2 saturated heterocycles. The number of carbonyl (C=O) groups excluding carboxylic acids is 1. The van der Waals surface area contributed by atoms with Crippen LogP contribution in [0.5, 0.6) is 0 Å². The molecular formula is C16H21N5OS. The molecule has 1 spiro atoms. The van der Waals surface area contributed by atoms with Gasteiger partial charge in [0.2, 0.25) is 0 Å². The van der Waals surface area contributed by atoms with E-state index in [2.05, 4.69) is 15.4 Å². The van der Waals surface area contributed by atoms with Crippen LogP contribution in [-0.2, 0) is 7.05 Å². The Kier molecular flexibility index (Phi) is 3.69. The lowest BCUT2D eigenvalue weighted by molar-refractivity contribution is 0.0612. The molecule has 4 heterocycles. The first-order valence-corrected chi connectivity index (χ1v) is 8.92. The highest BCUT2D eigenvalue weighted by atomic mass is 32.1. The average molecular weight is 331 g/mol. The second-order valence-corrected chi connectivity index (χ2v) is 7.68. The number of rotatable bonds is 2. The summed E-state index contributed by atoms with van der Waals surface area (Å²) in [5.41, 5.74) is 1.40. The summed E-state index contributed by atoms with van der Waals surface area (Å²) >= 11 is 1.46. The molecular weight excluding hydrogens is 310 g/mol. The van der Waals surface area contributed by atoms with Crippen molar-refractivity contribution in [3.63, 3.8) is 0 Å². The lowest BCUT2D eigenvalue weighted by Crippen LogP contribution is -2.43. The van der Waals surface area contributed by atoms with E-state index in [1.165, 1.54) is 17.8 Å². The molecule has 122 valence electrons. The number of nitrogens with zero attached hydrogens (tertiary/aromatic N) is 4. The number of nitrogens with one attached hydrogen (secondary N) is 1. The number of aryl methyl sites for hydroxylation is 1. The summed E-state index contributed by atoms with van der Waals surface area (Å²) in [6.45, 7) is 3.96. The average Bonchev–Trinajstić information content (AvgIpc) is 3.28. The Morgan fingerprint density at radius 3 is 2.78 bits per heavy atom. The Hall–Kier alpha value is -1.73. The quantitative estimate of drug-likeness (QED) is 0.911. The minimum atomic E-state index is 0.124. The van der Waals surface area contributed by atoms with Crippen LogP contribution in [0.1, 0.15) is 28.9 Å². The summed E-state index contributed by atoms with van der Waals surface area (Å²) in [6.07, 6.45) is 8.88. The number of hydrogen-bond donors (Lipinski definition) is 1. The number of amides is 1. The van der Waals surface area contributed by atoms with Gasteiger partial charge in [0.05, 0.1) is 12.4 Å². The molecule has 0 bridgehead atoms. The monoisotopic (exact) mass is 331 g/mol. The molecule has 0 aromatic carbocycles. The lowest BCUT2D eigenvalue weighted by Gasteiger charge is -2.38. The number of piperidine rings is 1. The molecule has 1 N–H and O–H groups in total. The highest BCUT2D eigenvalue weighted by Crippen LogP contribution is 2.37. The van der Waals surface area contributed by atoms with Crippen LogP contribution in [-0.4, -0.2) is 51.8 Å². The maximum atomic E-state index is 12.7. The van der Waals surface area contributed by atoms with Crippen molar-refractivity contribution in [1.82, 2.24) is 25.0 Å². The van der Waals surface area contributed by atoms with Gasteiger partial charge in [0.25, 0.3) is 5.91 Å². The molecule has 7 heteroatoms. The predicted molar refractivity (Wildman–Crippen MR) is 89.4 cm³/mol. The van der Waals surface area contributed by atoms with Crippen LogP contribution in [0.2, 0.25) is 0 Å². The highest BCUT2D eigenvalue weighted by Gasteiger charge is 2.38. The van der Waals surface area contributed by atoms with E-state index >= 15 is 0 Å². The summed E-state index contributed by atoms with van der Waals surface area (Å²) in [5, 5.41) is 8.48. The normalized spacial score (nSPS) is 20.3. The number of thiazole rings is 1. The molecule has 0 unspecified atom stereocenters. The van der Waals surface area contributed by atoms with E-state index in [1.54, 1.807) is 17.1 Å². The van der Waals surface area contributed by atoms with Gasteiger partial charge in [-0.15, -0.1) is 11.3 Å². The maximum Gasteiger partial charge on any atom is 0.265 e. The topological polar surface area (TPSA) is 63.1 Å². The number of hydrogen-bond acceptors (Lipinski definition) is 5. The summed E-state index contributed by atoms with van der Waals surface area (Å²) in [6, 6.07) is 0. The Morgan fingerprint density at radius 2 is 2.13 bits per heavy atom. The van der Waals surface area contributed by atoms with Crippen molar-refractivity contribution in [3.8, 4) is 10.6 Å². The van der Waals surface area contributed by atoms with Crippen LogP contribution in [0.15, 0.2) is 18.6 Å². The molecule has 0 aliphatic carbocycles. The molecule has 0 atom stereocenters. The second kappa shape index (κ2) is 5.72. The van der Waals surface area contributed by atoms with Crippen LogP contribution < -0.4 is 5.32 Å². The van der Waals surface area contributed by atoms with Crippen LogP contribution in [0.3, 0.4) is 0 Å². The molecule has 0 radical (unpaired) electrons. The third kappa shape index (κ3) is 2.79. The van der Waals surface area contributed by atoms with Crippen molar-refractivity contribution in [2.45, 2.75) is 19.3 Å². The standard InChI is InChI=1S/C16H21N5OS/c1-20-10-12(8-19-20)14-18-9-13(23-14)15(22)21-6-3-16(4-7-21)2-5-17-11-16/h8-10,17H,2-7,11H2,1H3. The Morgan fingerprint density at radius 1 is 1.30 bits per heavy atom. The largest absolute Gasteiger partial charge is 0.338 e. The maximum absolute atomic E-state index is 12.7. The minimum Gasteiger partial charge on any atom is -0.338 e. The van der Waals surface area contributed by atoms with Crippen LogP contribution in [0.4, 0.5) is 0 Å². The molecule has 0 saturated carbocycles. The van der Waals surface area contributed by atoms with E-state index in [0.717, 1.165) is 54.5 Å². The van der Waals surface area contributed by atoms with E-state index in [-0.39, 0.29) is 5.91 Å². The SMILES string of the molecule is Cn1cc(-c2ncc(C(=O)N3CCC4(CCNC4)CC3)s2)cn1. The van der Waals surface area contributed by atoms with Gasteiger partial charge >= 0.3 is 0 Å². The summed E-state index contributed by atoms with van der Waals surface area (Å²) in [4.78, 5) is 19.8. The van der Waals surface area contributed by atoms with E-state index in [1.807, 2.05) is 18.1 Å². The van der Waals surface area contributed by atoms with Crippen LogP contribution in [0, 0.1) is 5.41 Å². The molecule has 2 aromatic rings. The Balaban J connectivity index is 1.44. The van der Waals surface area contributed by atoms with E-state index in [9.17, 15) is 4.79 Å². The first kappa shape index (κ1) is 14.8. The smallest absolute Gasteiger partial charge is 0.265 e. The van der Waals surface area contributed by atoms with Crippen molar-refractivity contribution in [1.29, 1.82) is 0 Å². The highest BCUT2D eigenvalue weighted by molar-refractivity contribution is 7.16. The van der Waals surface area contributed by atoms with Crippen molar-refractivity contribution >= 4 is 17.2 Å². The molecule has 23 heavy (non-hydrogen) atoms. The van der Waals surface area contributed by atoms with Crippen molar-refractivity contribution in [2.75, 3.05) is 26.2 Å². The van der Waals surface area contributed by atoms with Gasteiger partial charge in [0, 0.05) is 38.4 Å². The zero-order chi connectivity index (χ0) is 15.9. The number of likely N-dealkylation sites (tertiary alicyclic amines) is 1. The molecule has 4 rings (SSSR count). The fourth-order valence-electron chi connectivity index (χ4n) is 3.60. The zero-order valence-electron chi connectivity index (χ0n) is 13.3. The van der Waals surface area contributed by atoms with Crippen molar-refractivity contribution in [2.24, 2.45) is 12.5 Å². The van der Waals surface area contributed by atoms with Gasteiger partial charge in [-0.3, -0.25) is 9.48 Å². The summed E-state index contributed by atoms with van der Waals surface area (Å²) in [5.74, 6) is 0.124. The van der Waals surface area contributed by atoms with E-state index in [0.29, 0.717) is 5.41 Å². The molecule has 6 nitrogen and oxygen atoms in total. The predicted octanol–water partition coefficient (Wildman–Crippen LogP) is 1.76. The third-order valence-electron chi connectivity index (χ3n) is 5.11. The van der Waals surface area contributed by atoms with Crippen molar-refractivity contribution in [3.05, 3.63) is 23.5 Å². The third-order valence-corrected chi connectivity index (χ3v) is 6.15. The van der Waals surface area contributed by atoms with Gasteiger partial charge in [-0.25, -0.2) is 4.98 Å². The summed E-state index contributed by atoms with van der Waals surface area (Å²) < 4.78 is 1.75. The molecule has 2 aliphatic heterocycles. The van der Waals surface area contributed by atoms with E-state index < -0.39 is 0 Å². The number of aromatic nitrogens is 3. The van der Waals surface area contributed by atoms with Crippen molar-refractivity contribution < 1.29 is 4.79 Å². The second-order valence-electron chi connectivity index (χ2n) is 6.65. The summed E-state index contributed by atoms with van der Waals surface area (Å²) in [7, 11) is 1.88. The Bertz CT molecular complexity index is 706. The van der Waals surface area contributed by atoms with Crippen LogP contribution in [0.25, 0.3) is 10.6 Å².